The van der Waals surface area contributed by atoms with Crippen molar-refractivity contribution in [1.29, 1.82) is 0 Å². The number of likely N-dealkylation sites (tertiary alicyclic amines) is 1. The summed E-state index contributed by atoms with van der Waals surface area (Å²) in [6, 6.07) is 17.2. The van der Waals surface area contributed by atoms with E-state index in [0.29, 0.717) is 35.7 Å². The van der Waals surface area contributed by atoms with Gasteiger partial charge in [0.2, 0.25) is 0 Å². The fourth-order valence-electron chi connectivity index (χ4n) is 6.02. The van der Waals surface area contributed by atoms with E-state index in [-0.39, 0.29) is 48.1 Å². The molecule has 13 heteroatoms. The van der Waals surface area contributed by atoms with Crippen molar-refractivity contribution in [2.24, 2.45) is 0 Å². The maximum atomic E-state index is 14.1. The third-order valence-corrected chi connectivity index (χ3v) is 9.34. The van der Waals surface area contributed by atoms with Crippen molar-refractivity contribution in [2.75, 3.05) is 26.4 Å². The maximum absolute atomic E-state index is 14.1. The molecule has 1 saturated heterocycles. The van der Waals surface area contributed by atoms with Gasteiger partial charge in [-0.05, 0) is 89.4 Å². The summed E-state index contributed by atoms with van der Waals surface area (Å²) in [7, 11) is 0. The van der Waals surface area contributed by atoms with E-state index in [1.54, 1.807) is 51.7 Å². The number of nitrogens with zero attached hydrogens (tertiary/aromatic N) is 1. The van der Waals surface area contributed by atoms with Gasteiger partial charge in [0.15, 0.2) is 0 Å². The van der Waals surface area contributed by atoms with Gasteiger partial charge in [-0.25, -0.2) is 23.6 Å². The van der Waals surface area contributed by atoms with Gasteiger partial charge in [-0.15, -0.1) is 11.3 Å². The van der Waals surface area contributed by atoms with Crippen molar-refractivity contribution in [3.8, 4) is 5.75 Å². The second kappa shape index (κ2) is 16.9. The Kier molecular flexibility index (Phi) is 12.4. The van der Waals surface area contributed by atoms with Gasteiger partial charge < -0.3 is 29.0 Å². The Morgan fingerprint density at radius 1 is 0.846 bits per heavy atom. The Labute approximate surface area is 306 Å². The predicted molar refractivity (Wildman–Crippen MR) is 191 cm³/mol. The van der Waals surface area contributed by atoms with Crippen molar-refractivity contribution >= 4 is 35.3 Å². The quantitative estimate of drug-likeness (QED) is 0.153. The number of carbonyl (C=O) groups excluding carboxylic acids is 4. The van der Waals surface area contributed by atoms with Gasteiger partial charge in [-0.2, -0.15) is 0 Å². The van der Waals surface area contributed by atoms with Crippen LogP contribution in [-0.4, -0.2) is 66.9 Å². The van der Waals surface area contributed by atoms with Crippen molar-refractivity contribution in [1.82, 2.24) is 10.2 Å². The Balaban J connectivity index is 1.64. The second-order valence-electron chi connectivity index (χ2n) is 13.1. The summed E-state index contributed by atoms with van der Waals surface area (Å²) in [4.78, 5) is 57.1. The lowest BCUT2D eigenvalue weighted by atomic mass is 9.82. The van der Waals surface area contributed by atoms with Gasteiger partial charge in [-0.3, -0.25) is 4.90 Å². The summed E-state index contributed by atoms with van der Waals surface area (Å²) in [5, 5.41) is 3.29. The lowest BCUT2D eigenvalue weighted by molar-refractivity contribution is -0.139. The highest BCUT2D eigenvalue weighted by Crippen LogP contribution is 2.44. The second-order valence-corrected chi connectivity index (χ2v) is 14.2. The van der Waals surface area contributed by atoms with E-state index in [1.165, 1.54) is 24.3 Å². The summed E-state index contributed by atoms with van der Waals surface area (Å²) in [6.45, 7) is 8.90. The van der Waals surface area contributed by atoms with Gasteiger partial charge in [0.05, 0.1) is 42.0 Å². The van der Waals surface area contributed by atoms with E-state index in [1.807, 2.05) is 30.3 Å². The third-order valence-electron chi connectivity index (χ3n) is 8.20. The Morgan fingerprint density at radius 2 is 1.52 bits per heavy atom. The van der Waals surface area contributed by atoms with Crippen LogP contribution in [0.5, 0.6) is 5.75 Å². The first-order chi connectivity index (χ1) is 24.9. The Bertz CT molecular complexity index is 1830. The van der Waals surface area contributed by atoms with Crippen LogP contribution >= 0.6 is 11.3 Å². The standard InChI is InChI=1S/C39H43FN2O9S/c1-6-47-36(44)31-27(23-49-26-17-15-25(40)16-18-26)41-34(28-14-11-21-42(28)38(46)51-39(3,4)5)33(37(45)48-7-2)32(31)29-19-20-30(52-29)35(43)50-22-24-12-9-8-10-13-24/h8-10,12-13,15-20,28,32,41H,6-7,11,14,21-23H2,1-5H3/t28-,32?/m0/s1. The minimum Gasteiger partial charge on any atom is -0.487 e. The summed E-state index contributed by atoms with van der Waals surface area (Å²) in [6.07, 6.45) is 0.523. The van der Waals surface area contributed by atoms with Gasteiger partial charge >= 0.3 is 24.0 Å². The molecule has 0 bridgehead atoms. The molecule has 1 N–H and O–H groups in total. The smallest absolute Gasteiger partial charge is 0.410 e. The van der Waals surface area contributed by atoms with Gasteiger partial charge in [0.25, 0.3) is 0 Å². The fourth-order valence-corrected chi connectivity index (χ4v) is 7.05. The molecule has 3 heterocycles. The van der Waals surface area contributed by atoms with E-state index < -0.39 is 47.4 Å². The molecule has 0 spiro atoms. The number of ether oxygens (including phenoxy) is 5. The molecular weight excluding hydrogens is 691 g/mol. The maximum Gasteiger partial charge on any atom is 0.410 e. The average Bonchev–Trinajstić information content (AvgIpc) is 3.81. The lowest BCUT2D eigenvalue weighted by Crippen LogP contribution is -2.46. The zero-order valence-electron chi connectivity index (χ0n) is 29.9. The Hall–Kier alpha value is -5.17. The number of esters is 3. The molecule has 2 aliphatic heterocycles. The van der Waals surface area contributed by atoms with Crippen LogP contribution < -0.4 is 10.1 Å². The molecule has 3 aromatic rings. The lowest BCUT2D eigenvalue weighted by Gasteiger charge is -2.36. The van der Waals surface area contributed by atoms with Gasteiger partial charge in [0.1, 0.15) is 35.3 Å². The first kappa shape index (κ1) is 38.1. The number of amides is 1. The summed E-state index contributed by atoms with van der Waals surface area (Å²) in [5.74, 6) is -3.23. The number of halogens is 1. The molecule has 1 fully saturated rings. The summed E-state index contributed by atoms with van der Waals surface area (Å²) < 4.78 is 42.2. The highest BCUT2D eigenvalue weighted by molar-refractivity contribution is 7.14. The number of nitrogens with one attached hydrogen (secondary N) is 1. The van der Waals surface area contributed by atoms with Crippen molar-refractivity contribution in [3.63, 3.8) is 0 Å². The topological polar surface area (TPSA) is 130 Å². The predicted octanol–water partition coefficient (Wildman–Crippen LogP) is 7.04. The van der Waals surface area contributed by atoms with E-state index in [4.69, 9.17) is 23.7 Å². The monoisotopic (exact) mass is 734 g/mol. The number of hydrogen-bond donors (Lipinski definition) is 1. The van der Waals surface area contributed by atoms with E-state index >= 15 is 0 Å². The molecule has 11 nitrogen and oxygen atoms in total. The van der Waals surface area contributed by atoms with Crippen molar-refractivity contribution < 1.29 is 47.3 Å². The highest BCUT2D eigenvalue weighted by Gasteiger charge is 2.46. The molecule has 0 aliphatic carbocycles. The molecule has 2 aliphatic rings. The normalized spacial score (nSPS) is 17.4. The van der Waals surface area contributed by atoms with Gasteiger partial charge in [-0.1, -0.05) is 30.3 Å². The Morgan fingerprint density at radius 3 is 2.17 bits per heavy atom. The SMILES string of the molecule is CCOC(=O)C1=C(COc2ccc(F)cc2)NC([C@@H]2CCCN2C(=O)OC(C)(C)C)=C(C(=O)OCC)C1c1ccc(C(=O)OCc2ccccc2)s1. The van der Waals surface area contributed by atoms with Crippen LogP contribution in [0.3, 0.4) is 0 Å². The molecule has 0 saturated carbocycles. The van der Waals surface area contributed by atoms with Crippen molar-refractivity contribution in [2.45, 2.75) is 71.6 Å². The van der Waals surface area contributed by atoms with E-state index in [9.17, 15) is 23.6 Å². The first-order valence-electron chi connectivity index (χ1n) is 17.2. The molecule has 2 atom stereocenters. The molecule has 1 amide bonds. The molecule has 1 aromatic heterocycles. The van der Waals surface area contributed by atoms with E-state index in [0.717, 1.165) is 16.9 Å². The van der Waals surface area contributed by atoms with Crippen LogP contribution in [0.15, 0.2) is 89.3 Å². The first-order valence-corrected chi connectivity index (χ1v) is 18.0. The van der Waals surface area contributed by atoms with Gasteiger partial charge in [0, 0.05) is 17.1 Å². The number of hydrogen-bond acceptors (Lipinski definition) is 11. The van der Waals surface area contributed by atoms with Crippen LogP contribution in [0.25, 0.3) is 0 Å². The van der Waals surface area contributed by atoms with Crippen molar-refractivity contribution in [3.05, 3.63) is 110 Å². The molecule has 2 aromatic carbocycles. The highest BCUT2D eigenvalue weighted by atomic mass is 32.1. The largest absolute Gasteiger partial charge is 0.487 e. The zero-order chi connectivity index (χ0) is 37.4. The number of benzene rings is 2. The minimum absolute atomic E-state index is 0.0308. The van der Waals surface area contributed by atoms with Crippen LogP contribution in [0.1, 0.15) is 73.5 Å². The molecule has 52 heavy (non-hydrogen) atoms. The zero-order valence-corrected chi connectivity index (χ0v) is 30.7. The fraction of sp³-hybridized carbons (Fsp3) is 0.385. The van der Waals surface area contributed by atoms with E-state index in [2.05, 4.69) is 5.32 Å². The minimum atomic E-state index is -1.09. The molecular formula is C39H43FN2O9S. The van der Waals surface area contributed by atoms with Crippen LogP contribution in [0.4, 0.5) is 9.18 Å². The van der Waals surface area contributed by atoms with Crippen LogP contribution in [-0.2, 0) is 35.1 Å². The molecule has 276 valence electrons. The van der Waals surface area contributed by atoms with Crippen LogP contribution in [0.2, 0.25) is 0 Å². The molecule has 5 rings (SSSR count). The number of thiophene rings is 1. The van der Waals surface area contributed by atoms with Crippen LogP contribution in [0, 0.1) is 5.82 Å². The number of carbonyl (C=O) groups is 4. The number of dihydropyridines is 1. The summed E-state index contributed by atoms with van der Waals surface area (Å²) >= 11 is 1.06. The molecule has 1 unspecified atom stereocenters. The average molecular weight is 735 g/mol. The summed E-state index contributed by atoms with van der Waals surface area (Å²) in [5.41, 5.74) is 0.768. The number of rotatable bonds is 12. The third kappa shape index (κ3) is 9.19. The molecule has 0 radical (unpaired) electrons.